The average Bonchev–Trinajstić information content (AvgIpc) is 3.44. The van der Waals surface area contributed by atoms with Gasteiger partial charge in [-0.25, -0.2) is 13.9 Å². The average molecular weight is 488 g/mol. The maximum Gasteiger partial charge on any atom is 0.404 e. The zero-order chi connectivity index (χ0) is 24.8. The van der Waals surface area contributed by atoms with Gasteiger partial charge < -0.3 is 24.8 Å². The normalized spacial score (nSPS) is 19.0. The minimum Gasteiger partial charge on any atom is -0.486 e. The molecular formula is C26H21FN4O5. The van der Waals surface area contributed by atoms with Gasteiger partial charge >= 0.3 is 6.09 Å². The van der Waals surface area contributed by atoms with E-state index in [2.05, 4.69) is 10.4 Å². The van der Waals surface area contributed by atoms with Crippen LogP contribution < -0.4 is 19.7 Å². The molecule has 0 saturated carbocycles. The Bertz CT molecular complexity index is 1490. The van der Waals surface area contributed by atoms with E-state index >= 15 is 0 Å². The fraction of sp³-hybridized carbons (Fsp3) is 0.192. The first kappa shape index (κ1) is 21.9. The summed E-state index contributed by atoms with van der Waals surface area (Å²) in [6, 6.07) is 15.7. The van der Waals surface area contributed by atoms with Crippen LogP contribution in [0.2, 0.25) is 0 Å². The molecule has 0 aliphatic carbocycles. The third kappa shape index (κ3) is 3.76. The van der Waals surface area contributed by atoms with E-state index in [0.717, 1.165) is 16.5 Å². The van der Waals surface area contributed by atoms with E-state index in [-0.39, 0.29) is 18.1 Å². The Morgan fingerprint density at radius 2 is 1.75 bits per heavy atom. The number of amides is 2. The minimum absolute atomic E-state index is 0.0122. The molecule has 2 amide bonds. The molecule has 2 aliphatic heterocycles. The number of fused-ring (bicyclic) bond motifs is 2. The number of nitrogens with one attached hydrogen (secondary N) is 1. The highest BCUT2D eigenvalue weighted by Crippen LogP contribution is 2.41. The molecule has 6 rings (SSSR count). The second-order valence-corrected chi connectivity index (χ2v) is 8.65. The van der Waals surface area contributed by atoms with Gasteiger partial charge in [0.05, 0.1) is 29.5 Å². The predicted octanol–water partition coefficient (Wildman–Crippen LogP) is 4.05. The van der Waals surface area contributed by atoms with E-state index in [0.29, 0.717) is 36.1 Å². The number of hydrogen-bond donors (Lipinski definition) is 2. The summed E-state index contributed by atoms with van der Waals surface area (Å²) < 4.78 is 26.4. The third-order valence-corrected chi connectivity index (χ3v) is 6.44. The smallest absolute Gasteiger partial charge is 0.404 e. The van der Waals surface area contributed by atoms with Crippen molar-refractivity contribution in [2.75, 3.05) is 18.1 Å². The van der Waals surface area contributed by atoms with Gasteiger partial charge in [0.25, 0.3) is 0 Å². The number of rotatable bonds is 4. The number of aromatic nitrogens is 2. The molecule has 1 aromatic heterocycles. The van der Waals surface area contributed by atoms with Gasteiger partial charge in [0.2, 0.25) is 5.91 Å². The second-order valence-electron chi connectivity index (χ2n) is 8.65. The van der Waals surface area contributed by atoms with Crippen molar-refractivity contribution in [1.82, 2.24) is 15.1 Å². The van der Waals surface area contributed by atoms with Gasteiger partial charge in [0.15, 0.2) is 11.5 Å². The van der Waals surface area contributed by atoms with E-state index in [1.165, 1.54) is 12.1 Å². The molecule has 2 atom stereocenters. The Morgan fingerprint density at radius 1 is 1.00 bits per heavy atom. The SMILES string of the molecule is O=C(O)N[C@H]1CC(=O)N(c2ccc3c(cnn3-c3ccc(F)cc3)c2)[C@@H]1c1ccc2c(c1)OCCO2. The largest absolute Gasteiger partial charge is 0.486 e. The van der Waals surface area contributed by atoms with Crippen LogP contribution in [0.5, 0.6) is 11.5 Å². The minimum atomic E-state index is -1.20. The monoisotopic (exact) mass is 488 g/mol. The highest BCUT2D eigenvalue weighted by Gasteiger charge is 2.43. The molecule has 4 aromatic rings. The van der Waals surface area contributed by atoms with Crippen molar-refractivity contribution in [1.29, 1.82) is 0 Å². The van der Waals surface area contributed by atoms with Gasteiger partial charge in [-0.05, 0) is 60.2 Å². The van der Waals surface area contributed by atoms with Gasteiger partial charge in [-0.2, -0.15) is 5.10 Å². The Morgan fingerprint density at radius 3 is 2.53 bits per heavy atom. The number of carbonyl (C=O) groups excluding carboxylic acids is 1. The molecule has 0 spiro atoms. The lowest BCUT2D eigenvalue weighted by atomic mass is 9.99. The predicted molar refractivity (Wildman–Crippen MR) is 128 cm³/mol. The molecule has 1 saturated heterocycles. The molecule has 9 nitrogen and oxygen atoms in total. The Kier molecular flexibility index (Phi) is 5.21. The van der Waals surface area contributed by atoms with Crippen molar-refractivity contribution >= 4 is 28.6 Å². The maximum atomic E-state index is 13.4. The van der Waals surface area contributed by atoms with Crippen molar-refractivity contribution in [3.8, 4) is 17.2 Å². The van der Waals surface area contributed by atoms with Crippen molar-refractivity contribution in [3.63, 3.8) is 0 Å². The number of benzene rings is 3. The van der Waals surface area contributed by atoms with E-state index in [9.17, 15) is 19.1 Å². The number of hydrogen-bond acceptors (Lipinski definition) is 5. The van der Waals surface area contributed by atoms with Crippen LogP contribution in [0, 0.1) is 5.82 Å². The van der Waals surface area contributed by atoms with Crippen molar-refractivity contribution in [2.24, 2.45) is 0 Å². The molecule has 3 heterocycles. The summed E-state index contributed by atoms with van der Waals surface area (Å²) in [6.07, 6.45) is 0.487. The van der Waals surface area contributed by atoms with Gasteiger partial charge in [0, 0.05) is 17.5 Å². The lowest BCUT2D eigenvalue weighted by Crippen LogP contribution is -2.39. The summed E-state index contributed by atoms with van der Waals surface area (Å²) in [5, 5.41) is 17.1. The highest BCUT2D eigenvalue weighted by atomic mass is 19.1. The fourth-order valence-electron chi connectivity index (χ4n) is 4.91. The van der Waals surface area contributed by atoms with Crippen LogP contribution in [0.4, 0.5) is 14.9 Å². The zero-order valence-corrected chi connectivity index (χ0v) is 18.9. The summed E-state index contributed by atoms with van der Waals surface area (Å²) >= 11 is 0. The van der Waals surface area contributed by atoms with Crippen molar-refractivity contribution in [3.05, 3.63) is 78.2 Å². The molecule has 2 aliphatic rings. The van der Waals surface area contributed by atoms with Crippen LogP contribution in [0.25, 0.3) is 16.6 Å². The first-order chi connectivity index (χ1) is 17.5. The summed E-state index contributed by atoms with van der Waals surface area (Å²) in [6.45, 7) is 0.866. The molecular weight excluding hydrogens is 467 g/mol. The molecule has 1 fully saturated rings. The Balaban J connectivity index is 1.41. The van der Waals surface area contributed by atoms with Crippen LogP contribution >= 0.6 is 0 Å². The highest BCUT2D eigenvalue weighted by molar-refractivity contribution is 6.00. The third-order valence-electron chi connectivity index (χ3n) is 6.44. The van der Waals surface area contributed by atoms with E-state index in [4.69, 9.17) is 9.47 Å². The van der Waals surface area contributed by atoms with Gasteiger partial charge in [-0.15, -0.1) is 0 Å². The maximum absolute atomic E-state index is 13.4. The molecule has 10 heteroatoms. The second kappa shape index (κ2) is 8.56. The molecule has 0 bridgehead atoms. The standard InChI is InChI=1S/C26H21FN4O5/c27-17-2-4-18(5-3-17)31-21-7-6-19(11-16(21)14-28-31)30-24(32)13-20(29-26(33)34)25(30)15-1-8-22-23(12-15)36-10-9-35-22/h1-8,11-12,14,20,25,29H,9-10,13H2,(H,33,34)/t20-,25+/m0/s1. The van der Waals surface area contributed by atoms with Crippen LogP contribution in [0.15, 0.2) is 66.9 Å². The summed E-state index contributed by atoms with van der Waals surface area (Å²) in [4.78, 5) is 26.4. The first-order valence-electron chi connectivity index (χ1n) is 11.4. The Labute approximate surface area is 204 Å². The molecule has 0 radical (unpaired) electrons. The van der Waals surface area contributed by atoms with Gasteiger partial charge in [-0.3, -0.25) is 4.79 Å². The fourth-order valence-corrected chi connectivity index (χ4v) is 4.91. The molecule has 182 valence electrons. The number of nitrogens with zero attached hydrogens (tertiary/aromatic N) is 3. The lowest BCUT2D eigenvalue weighted by molar-refractivity contribution is -0.117. The van der Waals surface area contributed by atoms with E-state index in [1.807, 2.05) is 18.2 Å². The summed E-state index contributed by atoms with van der Waals surface area (Å²) in [5.41, 5.74) is 2.83. The first-order valence-corrected chi connectivity index (χ1v) is 11.4. The molecule has 36 heavy (non-hydrogen) atoms. The summed E-state index contributed by atoms with van der Waals surface area (Å²) in [5.74, 6) is 0.625. The van der Waals surface area contributed by atoms with Crippen LogP contribution in [0.3, 0.4) is 0 Å². The molecule has 2 N–H and O–H groups in total. The molecule has 3 aromatic carbocycles. The van der Waals surface area contributed by atoms with Crippen LogP contribution in [-0.4, -0.2) is 46.1 Å². The van der Waals surface area contributed by atoms with Crippen molar-refractivity contribution < 1.29 is 28.6 Å². The van der Waals surface area contributed by atoms with Gasteiger partial charge in [-0.1, -0.05) is 6.07 Å². The van der Waals surface area contributed by atoms with E-state index in [1.54, 1.807) is 46.1 Å². The lowest BCUT2D eigenvalue weighted by Gasteiger charge is -2.30. The number of carboxylic acid groups (broad SMARTS) is 1. The zero-order valence-electron chi connectivity index (χ0n) is 18.9. The summed E-state index contributed by atoms with van der Waals surface area (Å²) in [7, 11) is 0. The Hall–Kier alpha value is -4.60. The number of anilines is 1. The van der Waals surface area contributed by atoms with Crippen LogP contribution in [-0.2, 0) is 4.79 Å². The topological polar surface area (TPSA) is 106 Å². The van der Waals surface area contributed by atoms with Gasteiger partial charge in [0.1, 0.15) is 19.0 Å². The quantitative estimate of drug-likeness (QED) is 0.449. The van der Waals surface area contributed by atoms with Crippen LogP contribution in [0.1, 0.15) is 18.0 Å². The molecule has 0 unspecified atom stereocenters. The van der Waals surface area contributed by atoms with E-state index < -0.39 is 18.2 Å². The van der Waals surface area contributed by atoms with Crippen molar-refractivity contribution in [2.45, 2.75) is 18.5 Å². The number of ether oxygens (including phenoxy) is 2. The number of halogens is 1. The number of carbonyl (C=O) groups is 2.